The lowest BCUT2D eigenvalue weighted by Gasteiger charge is -2.30. The van der Waals surface area contributed by atoms with E-state index in [1.807, 2.05) is 6.92 Å². The van der Waals surface area contributed by atoms with Gasteiger partial charge in [0.1, 0.15) is 0 Å². The van der Waals surface area contributed by atoms with Crippen molar-refractivity contribution < 1.29 is 4.74 Å². The Morgan fingerprint density at radius 1 is 1.33 bits per heavy atom. The Morgan fingerprint density at radius 3 is 2.33 bits per heavy atom. The summed E-state index contributed by atoms with van der Waals surface area (Å²) in [6.07, 6.45) is 0. The first-order chi connectivity index (χ1) is 8.41. The van der Waals surface area contributed by atoms with Crippen LogP contribution in [0.4, 0.5) is 5.69 Å². The number of nitrogens with one attached hydrogen (secondary N) is 1. The standard InChI is InChI=1S/C14H23BrN2O/c1-5-18-9-14(4,8-16)17-12-6-10(2)13(15)11(3)7-12/h6-7,17H,5,8-9,16H2,1-4H3. The lowest BCUT2D eigenvalue weighted by Crippen LogP contribution is -2.46. The summed E-state index contributed by atoms with van der Waals surface area (Å²) in [4.78, 5) is 0. The van der Waals surface area contributed by atoms with Crippen molar-refractivity contribution in [2.24, 2.45) is 5.73 Å². The van der Waals surface area contributed by atoms with Crippen molar-refractivity contribution in [3.8, 4) is 0 Å². The first kappa shape index (κ1) is 15.5. The van der Waals surface area contributed by atoms with Crippen LogP contribution in [0.25, 0.3) is 0 Å². The van der Waals surface area contributed by atoms with Gasteiger partial charge >= 0.3 is 0 Å². The molecule has 0 fully saturated rings. The summed E-state index contributed by atoms with van der Waals surface area (Å²) in [6.45, 7) is 10.1. The summed E-state index contributed by atoms with van der Waals surface area (Å²) >= 11 is 3.57. The Labute approximate surface area is 118 Å². The molecule has 3 N–H and O–H groups in total. The predicted molar refractivity (Wildman–Crippen MR) is 81.2 cm³/mol. The molecule has 0 aliphatic heterocycles. The Hall–Kier alpha value is -0.580. The number of halogens is 1. The Kier molecular flexibility index (Phi) is 5.63. The molecule has 0 aliphatic carbocycles. The van der Waals surface area contributed by atoms with Gasteiger partial charge in [-0.2, -0.15) is 0 Å². The summed E-state index contributed by atoms with van der Waals surface area (Å²) < 4.78 is 6.65. The molecule has 18 heavy (non-hydrogen) atoms. The summed E-state index contributed by atoms with van der Waals surface area (Å²) in [5.74, 6) is 0. The lowest BCUT2D eigenvalue weighted by molar-refractivity contribution is 0.112. The van der Waals surface area contributed by atoms with Crippen LogP contribution in [0.3, 0.4) is 0 Å². The molecule has 102 valence electrons. The molecule has 1 aromatic carbocycles. The number of benzene rings is 1. The summed E-state index contributed by atoms with van der Waals surface area (Å²) in [5.41, 5.74) is 9.13. The van der Waals surface area contributed by atoms with E-state index in [1.54, 1.807) is 0 Å². The molecular formula is C14H23BrN2O. The maximum absolute atomic E-state index is 5.85. The van der Waals surface area contributed by atoms with Gasteiger partial charge in [-0.25, -0.2) is 0 Å². The van der Waals surface area contributed by atoms with Crippen LogP contribution in [-0.4, -0.2) is 25.3 Å². The number of nitrogens with two attached hydrogens (primary N) is 1. The molecule has 0 spiro atoms. The van der Waals surface area contributed by atoms with Crippen molar-refractivity contribution in [1.29, 1.82) is 0 Å². The van der Waals surface area contributed by atoms with Gasteiger partial charge in [0, 0.05) is 23.3 Å². The van der Waals surface area contributed by atoms with Crippen molar-refractivity contribution in [3.63, 3.8) is 0 Å². The fourth-order valence-electron chi connectivity index (χ4n) is 1.84. The van der Waals surface area contributed by atoms with Crippen molar-refractivity contribution in [2.45, 2.75) is 33.2 Å². The first-order valence-corrected chi connectivity index (χ1v) is 7.04. The number of aryl methyl sites for hydroxylation is 2. The SMILES string of the molecule is CCOCC(C)(CN)Nc1cc(C)c(Br)c(C)c1. The van der Waals surface area contributed by atoms with Crippen LogP contribution in [0.5, 0.6) is 0 Å². The lowest BCUT2D eigenvalue weighted by atomic mass is 10.0. The van der Waals surface area contributed by atoms with Crippen LogP contribution >= 0.6 is 15.9 Å². The van der Waals surface area contributed by atoms with Crippen LogP contribution in [-0.2, 0) is 4.74 Å². The zero-order chi connectivity index (χ0) is 13.8. The molecule has 0 aliphatic rings. The van der Waals surface area contributed by atoms with E-state index in [0.29, 0.717) is 19.8 Å². The van der Waals surface area contributed by atoms with E-state index in [1.165, 1.54) is 11.1 Å². The van der Waals surface area contributed by atoms with E-state index in [-0.39, 0.29) is 5.54 Å². The van der Waals surface area contributed by atoms with E-state index in [4.69, 9.17) is 10.5 Å². The van der Waals surface area contributed by atoms with Gasteiger partial charge in [0.25, 0.3) is 0 Å². The molecule has 0 radical (unpaired) electrons. The molecule has 0 aromatic heterocycles. The van der Waals surface area contributed by atoms with E-state index in [2.05, 4.69) is 54.2 Å². The summed E-state index contributed by atoms with van der Waals surface area (Å²) in [5, 5.41) is 3.48. The molecule has 1 atom stereocenters. The summed E-state index contributed by atoms with van der Waals surface area (Å²) in [6, 6.07) is 4.24. The third-order valence-electron chi connectivity index (χ3n) is 2.96. The van der Waals surface area contributed by atoms with Crippen molar-refractivity contribution in [3.05, 3.63) is 27.7 Å². The molecular weight excluding hydrogens is 292 g/mol. The van der Waals surface area contributed by atoms with E-state index in [0.717, 1.165) is 10.2 Å². The van der Waals surface area contributed by atoms with Crippen molar-refractivity contribution in [2.75, 3.05) is 25.1 Å². The highest BCUT2D eigenvalue weighted by Gasteiger charge is 2.22. The number of hydrogen-bond acceptors (Lipinski definition) is 3. The Bertz CT molecular complexity index is 386. The topological polar surface area (TPSA) is 47.3 Å². The van der Waals surface area contributed by atoms with Crippen molar-refractivity contribution in [1.82, 2.24) is 0 Å². The van der Waals surface area contributed by atoms with Gasteiger partial charge in [-0.05, 0) is 51.0 Å². The largest absolute Gasteiger partial charge is 0.379 e. The molecule has 0 amide bonds. The van der Waals surface area contributed by atoms with Gasteiger partial charge in [0.2, 0.25) is 0 Å². The highest BCUT2D eigenvalue weighted by atomic mass is 79.9. The van der Waals surface area contributed by atoms with Crippen LogP contribution < -0.4 is 11.1 Å². The van der Waals surface area contributed by atoms with Crippen LogP contribution in [0, 0.1) is 13.8 Å². The second-order valence-corrected chi connectivity index (χ2v) is 5.74. The quantitative estimate of drug-likeness (QED) is 0.847. The molecule has 1 aromatic rings. The maximum Gasteiger partial charge on any atom is 0.0706 e. The first-order valence-electron chi connectivity index (χ1n) is 6.24. The van der Waals surface area contributed by atoms with Gasteiger partial charge in [0.15, 0.2) is 0 Å². The third kappa shape index (κ3) is 3.97. The zero-order valence-electron chi connectivity index (χ0n) is 11.6. The number of anilines is 1. The molecule has 1 unspecified atom stereocenters. The molecule has 0 saturated heterocycles. The van der Waals surface area contributed by atoms with E-state index < -0.39 is 0 Å². The highest BCUT2D eigenvalue weighted by Crippen LogP contribution is 2.26. The fourth-order valence-corrected chi connectivity index (χ4v) is 2.07. The molecule has 4 heteroatoms. The average Bonchev–Trinajstić information content (AvgIpc) is 2.33. The molecule has 0 saturated carbocycles. The third-order valence-corrected chi connectivity index (χ3v) is 4.21. The number of ether oxygens (including phenoxy) is 1. The highest BCUT2D eigenvalue weighted by molar-refractivity contribution is 9.10. The second-order valence-electron chi connectivity index (χ2n) is 4.95. The maximum atomic E-state index is 5.85. The number of rotatable bonds is 6. The van der Waals surface area contributed by atoms with Gasteiger partial charge in [-0.3, -0.25) is 0 Å². The molecule has 0 heterocycles. The minimum Gasteiger partial charge on any atom is -0.379 e. The smallest absolute Gasteiger partial charge is 0.0706 e. The minimum atomic E-state index is -0.233. The summed E-state index contributed by atoms with van der Waals surface area (Å²) in [7, 11) is 0. The average molecular weight is 315 g/mol. The Morgan fingerprint density at radius 2 is 1.89 bits per heavy atom. The van der Waals surface area contributed by atoms with E-state index >= 15 is 0 Å². The van der Waals surface area contributed by atoms with Crippen LogP contribution in [0.1, 0.15) is 25.0 Å². The van der Waals surface area contributed by atoms with Gasteiger partial charge in [-0.15, -0.1) is 0 Å². The van der Waals surface area contributed by atoms with Gasteiger partial charge in [-0.1, -0.05) is 15.9 Å². The van der Waals surface area contributed by atoms with E-state index in [9.17, 15) is 0 Å². The van der Waals surface area contributed by atoms with Gasteiger partial charge in [0.05, 0.1) is 12.1 Å². The molecule has 1 rings (SSSR count). The predicted octanol–water partition coefficient (Wildman–Crippen LogP) is 3.23. The monoisotopic (exact) mass is 314 g/mol. The van der Waals surface area contributed by atoms with Gasteiger partial charge < -0.3 is 15.8 Å². The van der Waals surface area contributed by atoms with Crippen molar-refractivity contribution >= 4 is 21.6 Å². The molecule has 3 nitrogen and oxygen atoms in total. The zero-order valence-corrected chi connectivity index (χ0v) is 13.2. The second kappa shape index (κ2) is 6.55. The Balaban J connectivity index is 2.88. The molecule has 0 bridgehead atoms. The van der Waals surface area contributed by atoms with Crippen LogP contribution in [0.2, 0.25) is 0 Å². The normalized spacial score (nSPS) is 14.3. The van der Waals surface area contributed by atoms with Crippen LogP contribution in [0.15, 0.2) is 16.6 Å². The fraction of sp³-hybridized carbons (Fsp3) is 0.571. The minimum absolute atomic E-state index is 0.233. The number of hydrogen-bond donors (Lipinski definition) is 2.